The molecule has 2 aliphatic rings. The van der Waals surface area contributed by atoms with Crippen molar-refractivity contribution >= 4 is 11.6 Å². The van der Waals surface area contributed by atoms with E-state index < -0.39 is 0 Å². The Hall–Kier alpha value is -3.46. The Morgan fingerprint density at radius 3 is 1.44 bits per heavy atom. The van der Waals surface area contributed by atoms with Gasteiger partial charge in [0.05, 0.1) is 23.3 Å². The van der Waals surface area contributed by atoms with Gasteiger partial charge in [0.1, 0.15) is 0 Å². The fourth-order valence-electron chi connectivity index (χ4n) is 5.72. The van der Waals surface area contributed by atoms with Gasteiger partial charge in [-0.05, 0) is 38.5 Å². The summed E-state index contributed by atoms with van der Waals surface area (Å²) in [5, 5.41) is 10.1. The van der Waals surface area contributed by atoms with Crippen LogP contribution in [0.2, 0.25) is 0 Å². The van der Waals surface area contributed by atoms with Crippen LogP contribution >= 0.6 is 0 Å². The maximum Gasteiger partial charge on any atom is 0.382 e. The van der Waals surface area contributed by atoms with Gasteiger partial charge in [-0.2, -0.15) is 0 Å². The highest BCUT2D eigenvalue weighted by molar-refractivity contribution is 5.96. The van der Waals surface area contributed by atoms with Crippen LogP contribution in [-0.4, -0.2) is 31.1 Å². The Labute approximate surface area is 239 Å². The Morgan fingerprint density at radius 2 is 1.03 bits per heavy atom. The molecule has 0 spiro atoms. The van der Waals surface area contributed by atoms with E-state index in [4.69, 9.17) is 10.2 Å². The summed E-state index contributed by atoms with van der Waals surface area (Å²) in [6, 6.07) is 18.9. The summed E-state index contributed by atoms with van der Waals surface area (Å²) in [6.45, 7) is 2.13. The largest absolute Gasteiger partial charge is 1.00 e. The van der Waals surface area contributed by atoms with Crippen LogP contribution in [0.3, 0.4) is 0 Å². The summed E-state index contributed by atoms with van der Waals surface area (Å²) in [4.78, 5) is 26.3. The van der Waals surface area contributed by atoms with Gasteiger partial charge in [0, 0.05) is 24.0 Å². The van der Waals surface area contributed by atoms with Crippen LogP contribution in [0.4, 0.5) is 0 Å². The van der Waals surface area contributed by atoms with Crippen molar-refractivity contribution < 1.29 is 35.7 Å². The first kappa shape index (κ1) is 27.1. The number of aromatic nitrogens is 6. The van der Waals surface area contributed by atoms with E-state index in [2.05, 4.69) is 9.13 Å². The zero-order chi connectivity index (χ0) is 25.9. The highest BCUT2D eigenvalue weighted by Crippen LogP contribution is 2.19. The average Bonchev–Trinajstić information content (AvgIpc) is 3.21. The van der Waals surface area contributed by atoms with E-state index in [-0.39, 0.29) is 41.6 Å². The van der Waals surface area contributed by atoms with Gasteiger partial charge < -0.3 is 17.0 Å². The second kappa shape index (κ2) is 12.2. The summed E-state index contributed by atoms with van der Waals surface area (Å²) < 4.78 is 8.34. The summed E-state index contributed by atoms with van der Waals surface area (Å²) in [5.41, 5.74) is 1.40. The fraction of sp³-hybridized carbons (Fsp3) is 0.400. The number of fused-ring (bicyclic) bond motifs is 2. The monoisotopic (exact) mass is 589 g/mol. The molecule has 9 heteroatoms. The number of hydrogen-bond acceptors (Lipinski definition) is 4. The number of hydrogen-bond donors (Lipinski definition) is 0. The van der Waals surface area contributed by atoms with E-state index in [1.54, 1.807) is 0 Å². The van der Waals surface area contributed by atoms with Gasteiger partial charge >= 0.3 is 11.6 Å². The SMILES string of the molecule is O=C(Cn1nc(-c2nn(CC(=O)c3ccccc3)c3[n+]2CCCCC3)[n+]2c1CCCCC2)c1ccccc1.[Br-]. The van der Waals surface area contributed by atoms with Crippen molar-refractivity contribution in [2.24, 2.45) is 0 Å². The van der Waals surface area contributed by atoms with Crippen molar-refractivity contribution in [2.45, 2.75) is 77.5 Å². The van der Waals surface area contributed by atoms with Gasteiger partial charge in [-0.15, -0.1) is 9.36 Å². The number of nitrogens with zero attached hydrogens (tertiary/aromatic N) is 6. The predicted octanol–water partition coefficient (Wildman–Crippen LogP) is 0.544. The third-order valence-electron chi connectivity index (χ3n) is 7.70. The molecule has 202 valence electrons. The van der Waals surface area contributed by atoms with E-state index in [1.165, 1.54) is 0 Å². The van der Waals surface area contributed by atoms with Gasteiger partial charge in [-0.25, -0.2) is 9.13 Å². The van der Waals surface area contributed by atoms with E-state index in [0.717, 1.165) is 87.8 Å². The second-order valence-corrected chi connectivity index (χ2v) is 10.3. The molecule has 39 heavy (non-hydrogen) atoms. The van der Waals surface area contributed by atoms with Crippen molar-refractivity contribution in [3.8, 4) is 11.6 Å². The minimum atomic E-state index is 0. The molecule has 2 aromatic heterocycles. The molecule has 2 aliphatic heterocycles. The predicted molar refractivity (Wildman–Crippen MR) is 140 cm³/mol. The number of Topliss-reactive ketones (excluding diaryl/α,β-unsaturated/α-hetero) is 2. The molecule has 0 radical (unpaired) electrons. The zero-order valence-electron chi connectivity index (χ0n) is 22.1. The van der Waals surface area contributed by atoms with Crippen molar-refractivity contribution in [1.82, 2.24) is 19.6 Å². The topological polar surface area (TPSA) is 77.5 Å². The van der Waals surface area contributed by atoms with Crippen molar-refractivity contribution in [1.29, 1.82) is 0 Å². The van der Waals surface area contributed by atoms with Crippen LogP contribution in [-0.2, 0) is 39.0 Å². The third-order valence-corrected chi connectivity index (χ3v) is 7.70. The molecule has 0 N–H and O–H groups in total. The smallest absolute Gasteiger partial charge is 0.382 e. The van der Waals surface area contributed by atoms with E-state index in [9.17, 15) is 9.59 Å². The zero-order valence-corrected chi connectivity index (χ0v) is 23.7. The summed E-state index contributed by atoms with van der Waals surface area (Å²) in [5.74, 6) is 3.88. The lowest BCUT2D eigenvalue weighted by molar-refractivity contribution is -0.721. The number of ketones is 2. The van der Waals surface area contributed by atoms with Crippen LogP contribution in [0.1, 0.15) is 70.9 Å². The summed E-state index contributed by atoms with van der Waals surface area (Å²) in [6.07, 6.45) is 8.38. The van der Waals surface area contributed by atoms with Gasteiger partial charge in [0.15, 0.2) is 24.7 Å². The molecular formula is C30H34BrN6O2+. The standard InChI is InChI=1S/C30H34N6O2.BrH/c37-25(23-13-5-1-6-14-23)21-35-27-17-9-3-11-19-33(27)29(31-35)30-32-36(28-18-10-4-12-20-34(28)30)22-26(38)24-15-7-2-8-16-24;/h1-2,5-8,13-16H,3-4,9-12,17-22H2;1H/q+2;/p-1. The summed E-state index contributed by atoms with van der Waals surface area (Å²) in [7, 11) is 0. The molecule has 8 nitrogen and oxygen atoms in total. The maximum atomic E-state index is 13.1. The molecule has 0 saturated heterocycles. The normalized spacial score (nSPS) is 14.9. The first-order valence-corrected chi connectivity index (χ1v) is 13.8. The third kappa shape index (κ3) is 5.64. The van der Waals surface area contributed by atoms with Crippen LogP contribution in [0.15, 0.2) is 60.7 Å². The summed E-state index contributed by atoms with van der Waals surface area (Å²) >= 11 is 0. The van der Waals surface area contributed by atoms with E-state index >= 15 is 0 Å². The minimum absolute atomic E-state index is 0. The Bertz CT molecular complexity index is 1350. The molecule has 2 aromatic carbocycles. The molecule has 0 saturated carbocycles. The lowest BCUT2D eigenvalue weighted by Crippen LogP contribution is -3.00. The molecule has 0 unspecified atom stereocenters. The minimum Gasteiger partial charge on any atom is -1.00 e. The molecule has 0 bridgehead atoms. The van der Waals surface area contributed by atoms with Crippen molar-refractivity contribution in [3.63, 3.8) is 0 Å². The molecule has 0 fully saturated rings. The number of halogens is 1. The highest BCUT2D eigenvalue weighted by atomic mass is 79.9. The molecule has 0 aliphatic carbocycles. The Kier molecular flexibility index (Phi) is 8.45. The Morgan fingerprint density at radius 1 is 0.615 bits per heavy atom. The average molecular weight is 591 g/mol. The fourth-order valence-corrected chi connectivity index (χ4v) is 5.72. The van der Waals surface area contributed by atoms with Crippen LogP contribution < -0.4 is 26.1 Å². The second-order valence-electron chi connectivity index (χ2n) is 10.3. The van der Waals surface area contributed by atoms with Crippen LogP contribution in [0.5, 0.6) is 0 Å². The first-order chi connectivity index (χ1) is 18.7. The van der Waals surface area contributed by atoms with Gasteiger partial charge in [-0.1, -0.05) is 60.7 Å². The Balaban J connectivity index is 0.00000308. The quantitative estimate of drug-likeness (QED) is 0.233. The van der Waals surface area contributed by atoms with Crippen LogP contribution in [0.25, 0.3) is 11.6 Å². The molecule has 0 atom stereocenters. The maximum absolute atomic E-state index is 13.1. The van der Waals surface area contributed by atoms with Gasteiger partial charge in [-0.3, -0.25) is 9.59 Å². The van der Waals surface area contributed by atoms with E-state index in [1.807, 2.05) is 70.0 Å². The molecule has 0 amide bonds. The molecular weight excluding hydrogens is 556 g/mol. The number of carbonyl (C=O) groups excluding carboxylic acids is 2. The van der Waals surface area contributed by atoms with Gasteiger partial charge in [0.25, 0.3) is 0 Å². The lowest BCUT2D eigenvalue weighted by atomic mass is 10.1. The number of rotatable bonds is 7. The van der Waals surface area contributed by atoms with E-state index in [0.29, 0.717) is 11.1 Å². The van der Waals surface area contributed by atoms with Crippen molar-refractivity contribution in [3.05, 3.63) is 83.4 Å². The molecule has 4 heterocycles. The number of benzene rings is 2. The van der Waals surface area contributed by atoms with Gasteiger partial charge in [0.2, 0.25) is 11.6 Å². The molecule has 4 aromatic rings. The first-order valence-electron chi connectivity index (χ1n) is 13.8. The van der Waals surface area contributed by atoms with Crippen molar-refractivity contribution in [2.75, 3.05) is 0 Å². The lowest BCUT2D eigenvalue weighted by Gasteiger charge is -2.01. The van der Waals surface area contributed by atoms with Crippen LogP contribution in [0, 0.1) is 0 Å². The highest BCUT2D eigenvalue weighted by Gasteiger charge is 2.39. The number of carbonyl (C=O) groups is 2. The molecule has 6 rings (SSSR count).